The normalized spacial score (nSPS) is 12.4. The molecular weight excluding hydrogens is 320 g/mol. The van der Waals surface area contributed by atoms with E-state index in [0.717, 1.165) is 34.3 Å². The van der Waals surface area contributed by atoms with Gasteiger partial charge in [-0.2, -0.15) is 0 Å². The number of rotatable bonds is 6. The lowest BCUT2D eigenvalue weighted by Gasteiger charge is -2.06. The summed E-state index contributed by atoms with van der Waals surface area (Å²) in [5.74, 6) is 0.818. The predicted octanol–water partition coefficient (Wildman–Crippen LogP) is 2.90. The Morgan fingerprint density at radius 1 is 1.45 bits per heavy atom. The quantitative estimate of drug-likeness (QED) is 0.879. The molecule has 20 heavy (non-hydrogen) atoms. The van der Waals surface area contributed by atoms with Gasteiger partial charge in [-0.05, 0) is 40.0 Å². The zero-order valence-electron chi connectivity index (χ0n) is 11.7. The van der Waals surface area contributed by atoms with Gasteiger partial charge in [0, 0.05) is 0 Å². The second-order valence-corrected chi connectivity index (χ2v) is 5.56. The first kappa shape index (κ1) is 15.0. The van der Waals surface area contributed by atoms with Gasteiger partial charge in [0.1, 0.15) is 5.75 Å². The molecule has 0 aliphatic carbocycles. The van der Waals surface area contributed by atoms with Crippen LogP contribution in [-0.4, -0.2) is 22.1 Å². The molecule has 5 nitrogen and oxygen atoms in total. The van der Waals surface area contributed by atoms with E-state index in [0.29, 0.717) is 6.54 Å². The van der Waals surface area contributed by atoms with Crippen molar-refractivity contribution in [1.29, 1.82) is 0 Å². The second-order valence-electron chi connectivity index (χ2n) is 4.71. The van der Waals surface area contributed by atoms with Gasteiger partial charge >= 0.3 is 0 Å². The van der Waals surface area contributed by atoms with Crippen LogP contribution in [0.1, 0.15) is 37.1 Å². The first-order valence-corrected chi connectivity index (χ1v) is 7.41. The van der Waals surface area contributed by atoms with Crippen LogP contribution < -0.4 is 10.5 Å². The topological polar surface area (TPSA) is 66.0 Å². The average Bonchev–Trinajstić information content (AvgIpc) is 2.88. The molecule has 0 amide bonds. The molecule has 1 heterocycles. The van der Waals surface area contributed by atoms with Crippen LogP contribution in [0.25, 0.3) is 0 Å². The predicted molar refractivity (Wildman–Crippen MR) is 81.7 cm³/mol. The first-order chi connectivity index (χ1) is 9.63. The summed E-state index contributed by atoms with van der Waals surface area (Å²) in [6, 6.07) is 5.93. The van der Waals surface area contributed by atoms with E-state index in [1.165, 1.54) is 0 Å². The Balaban J connectivity index is 2.08. The fraction of sp³-hybridized carbons (Fsp3) is 0.429. The number of aromatic nitrogens is 3. The van der Waals surface area contributed by atoms with Crippen molar-refractivity contribution in [3.8, 4) is 5.75 Å². The molecule has 0 saturated heterocycles. The summed E-state index contributed by atoms with van der Waals surface area (Å²) in [6.45, 7) is 2.77. The molecule has 1 aromatic carbocycles. The molecule has 6 heteroatoms. The van der Waals surface area contributed by atoms with Gasteiger partial charge in [0.25, 0.3) is 0 Å². The molecule has 1 unspecified atom stereocenters. The number of benzene rings is 1. The highest BCUT2D eigenvalue weighted by Gasteiger charge is 2.10. The van der Waals surface area contributed by atoms with Crippen molar-refractivity contribution in [2.24, 2.45) is 5.73 Å². The maximum atomic E-state index is 6.03. The summed E-state index contributed by atoms with van der Waals surface area (Å²) in [5, 5.41) is 8.27. The Kier molecular flexibility index (Phi) is 5.14. The third-order valence-corrected chi connectivity index (χ3v) is 3.72. The molecule has 2 rings (SSSR count). The van der Waals surface area contributed by atoms with Gasteiger partial charge < -0.3 is 10.5 Å². The number of hydrogen-bond donors (Lipinski definition) is 1. The van der Waals surface area contributed by atoms with Crippen LogP contribution in [0.5, 0.6) is 5.75 Å². The Morgan fingerprint density at radius 3 is 2.90 bits per heavy atom. The van der Waals surface area contributed by atoms with Crippen molar-refractivity contribution in [3.63, 3.8) is 0 Å². The van der Waals surface area contributed by atoms with Gasteiger partial charge in [-0.1, -0.05) is 24.6 Å². The molecule has 2 aromatic rings. The van der Waals surface area contributed by atoms with E-state index < -0.39 is 0 Å². The van der Waals surface area contributed by atoms with Gasteiger partial charge in [-0.3, -0.25) is 0 Å². The number of nitrogens with two attached hydrogens (primary N) is 1. The summed E-state index contributed by atoms with van der Waals surface area (Å²) in [4.78, 5) is 0. The monoisotopic (exact) mass is 338 g/mol. The molecule has 108 valence electrons. The highest BCUT2D eigenvalue weighted by atomic mass is 79.9. The first-order valence-electron chi connectivity index (χ1n) is 6.62. The van der Waals surface area contributed by atoms with Crippen molar-refractivity contribution in [2.45, 2.75) is 32.4 Å². The molecule has 0 fully saturated rings. The molecule has 0 saturated carbocycles. The minimum absolute atomic E-state index is 0.0312. The van der Waals surface area contributed by atoms with Gasteiger partial charge in [0.15, 0.2) is 0 Å². The number of ether oxygens (including phenoxy) is 1. The summed E-state index contributed by atoms with van der Waals surface area (Å²) in [6.07, 6.45) is 3.88. The second kappa shape index (κ2) is 6.85. The number of methoxy groups -OCH3 is 1. The summed E-state index contributed by atoms with van der Waals surface area (Å²) >= 11 is 3.48. The largest absolute Gasteiger partial charge is 0.496 e. The van der Waals surface area contributed by atoms with Crippen LogP contribution in [0.3, 0.4) is 0 Å². The Morgan fingerprint density at radius 2 is 2.25 bits per heavy atom. The van der Waals surface area contributed by atoms with Crippen LogP contribution in [0, 0.1) is 0 Å². The summed E-state index contributed by atoms with van der Waals surface area (Å²) < 4.78 is 7.95. The van der Waals surface area contributed by atoms with E-state index in [1.54, 1.807) is 11.8 Å². The Bertz CT molecular complexity index is 570. The van der Waals surface area contributed by atoms with E-state index in [-0.39, 0.29) is 6.04 Å². The van der Waals surface area contributed by atoms with E-state index >= 15 is 0 Å². The highest BCUT2D eigenvalue weighted by Crippen LogP contribution is 2.25. The highest BCUT2D eigenvalue weighted by molar-refractivity contribution is 9.10. The summed E-state index contributed by atoms with van der Waals surface area (Å²) in [7, 11) is 1.65. The molecule has 2 N–H and O–H groups in total. The minimum atomic E-state index is -0.0312. The third-order valence-electron chi connectivity index (χ3n) is 3.10. The van der Waals surface area contributed by atoms with Crippen LogP contribution in [0.2, 0.25) is 0 Å². The zero-order chi connectivity index (χ0) is 14.5. The lowest BCUT2D eigenvalue weighted by molar-refractivity contribution is 0.412. The molecule has 0 aliphatic rings. The third kappa shape index (κ3) is 3.58. The van der Waals surface area contributed by atoms with Gasteiger partial charge in [0.05, 0.1) is 36.1 Å². The molecule has 1 atom stereocenters. The fourth-order valence-corrected chi connectivity index (χ4v) is 2.60. The van der Waals surface area contributed by atoms with Gasteiger partial charge in [-0.25, -0.2) is 4.68 Å². The zero-order valence-corrected chi connectivity index (χ0v) is 13.3. The van der Waals surface area contributed by atoms with E-state index in [2.05, 4.69) is 33.2 Å². The minimum Gasteiger partial charge on any atom is -0.496 e. The molecule has 1 aromatic heterocycles. The standard InChI is InChI=1S/C14H19BrN4O/c1-3-4-12(16)13-9-19(18-17-13)8-10-5-6-14(20-2)11(15)7-10/h5-7,9,12H,3-4,8,16H2,1-2H3. The summed E-state index contributed by atoms with van der Waals surface area (Å²) in [5.41, 5.74) is 8.00. The Labute approximate surface area is 127 Å². The molecule has 0 bridgehead atoms. The maximum absolute atomic E-state index is 6.03. The molecule has 0 radical (unpaired) electrons. The van der Waals surface area contributed by atoms with Crippen molar-refractivity contribution in [1.82, 2.24) is 15.0 Å². The Hall–Kier alpha value is -1.40. The maximum Gasteiger partial charge on any atom is 0.133 e. The molecular formula is C14H19BrN4O. The van der Waals surface area contributed by atoms with Crippen LogP contribution in [-0.2, 0) is 6.54 Å². The lowest BCUT2D eigenvalue weighted by atomic mass is 10.1. The van der Waals surface area contributed by atoms with Crippen LogP contribution >= 0.6 is 15.9 Å². The van der Waals surface area contributed by atoms with E-state index in [1.807, 2.05) is 24.4 Å². The lowest BCUT2D eigenvalue weighted by Crippen LogP contribution is -2.10. The van der Waals surface area contributed by atoms with E-state index in [9.17, 15) is 0 Å². The molecule has 0 aliphatic heterocycles. The molecule has 0 spiro atoms. The van der Waals surface area contributed by atoms with Crippen LogP contribution in [0.15, 0.2) is 28.9 Å². The number of halogens is 1. The number of hydrogen-bond acceptors (Lipinski definition) is 4. The van der Waals surface area contributed by atoms with E-state index in [4.69, 9.17) is 10.5 Å². The number of nitrogens with zero attached hydrogens (tertiary/aromatic N) is 3. The van der Waals surface area contributed by atoms with Crippen molar-refractivity contribution in [3.05, 3.63) is 40.1 Å². The van der Waals surface area contributed by atoms with Gasteiger partial charge in [0.2, 0.25) is 0 Å². The van der Waals surface area contributed by atoms with Crippen molar-refractivity contribution < 1.29 is 4.74 Å². The van der Waals surface area contributed by atoms with Crippen molar-refractivity contribution >= 4 is 15.9 Å². The average molecular weight is 339 g/mol. The van der Waals surface area contributed by atoms with Gasteiger partial charge in [-0.15, -0.1) is 5.10 Å². The fourth-order valence-electron chi connectivity index (χ4n) is 2.01. The SMILES string of the molecule is CCCC(N)c1cn(Cc2ccc(OC)c(Br)c2)nn1. The van der Waals surface area contributed by atoms with Crippen molar-refractivity contribution in [2.75, 3.05) is 7.11 Å². The van der Waals surface area contributed by atoms with Crippen LogP contribution in [0.4, 0.5) is 0 Å². The smallest absolute Gasteiger partial charge is 0.133 e.